The molecule has 1 atom stereocenters. The number of ether oxygens (including phenoxy) is 2. The van der Waals surface area contributed by atoms with Crippen LogP contribution in [0.3, 0.4) is 0 Å². The number of rotatable bonds is 11. The van der Waals surface area contributed by atoms with Gasteiger partial charge in [-0.2, -0.15) is 0 Å². The molecule has 1 aliphatic rings. The van der Waals surface area contributed by atoms with E-state index in [-0.39, 0.29) is 34.5 Å². The molecule has 11 heteroatoms. The number of esters is 1. The Kier molecular flexibility index (Phi) is 9.95. The van der Waals surface area contributed by atoms with Crippen LogP contribution in [0.15, 0.2) is 47.5 Å². The Labute approximate surface area is 219 Å². The summed E-state index contributed by atoms with van der Waals surface area (Å²) in [4.78, 5) is 42.1. The van der Waals surface area contributed by atoms with Gasteiger partial charge in [-0.3, -0.25) is 14.5 Å². The molecule has 192 valence electrons. The van der Waals surface area contributed by atoms with Crippen LogP contribution in [0.5, 0.6) is 5.75 Å². The molecule has 0 saturated heterocycles. The number of likely N-dealkylation sites (N-methyl/N-ethyl adjacent to an activating group) is 1. The highest BCUT2D eigenvalue weighted by Gasteiger charge is 2.25. The van der Waals surface area contributed by atoms with Crippen molar-refractivity contribution in [1.29, 1.82) is 0 Å². The summed E-state index contributed by atoms with van der Waals surface area (Å²) in [5.74, 6) is 0.134. The Balaban J connectivity index is 1.46. The van der Waals surface area contributed by atoms with Crippen molar-refractivity contribution in [2.45, 2.75) is 25.3 Å². The molecule has 2 aromatic carbocycles. The van der Waals surface area contributed by atoms with Crippen LogP contribution >= 0.6 is 23.2 Å². The van der Waals surface area contributed by atoms with E-state index in [1.165, 1.54) is 12.0 Å². The molecule has 36 heavy (non-hydrogen) atoms. The quantitative estimate of drug-likeness (QED) is 0.338. The maximum absolute atomic E-state index is 12.7. The van der Waals surface area contributed by atoms with E-state index in [4.69, 9.17) is 32.7 Å². The van der Waals surface area contributed by atoms with Gasteiger partial charge >= 0.3 is 5.97 Å². The van der Waals surface area contributed by atoms with E-state index in [2.05, 4.69) is 15.6 Å². The highest BCUT2D eigenvalue weighted by atomic mass is 35.5. The van der Waals surface area contributed by atoms with Gasteiger partial charge in [-0.25, -0.2) is 9.79 Å². The van der Waals surface area contributed by atoms with Crippen LogP contribution in [-0.2, 0) is 20.7 Å². The third kappa shape index (κ3) is 7.35. The summed E-state index contributed by atoms with van der Waals surface area (Å²) < 4.78 is 10.6. The van der Waals surface area contributed by atoms with E-state index >= 15 is 0 Å². The topological polar surface area (TPSA) is 109 Å². The molecule has 3 rings (SSSR count). The van der Waals surface area contributed by atoms with E-state index < -0.39 is 17.9 Å². The maximum atomic E-state index is 12.7. The van der Waals surface area contributed by atoms with E-state index in [1.54, 1.807) is 25.2 Å². The lowest BCUT2D eigenvalue weighted by Gasteiger charge is -2.18. The average Bonchev–Trinajstić information content (AvgIpc) is 3.18. The Morgan fingerprint density at radius 2 is 1.81 bits per heavy atom. The molecule has 0 aromatic heterocycles. The van der Waals surface area contributed by atoms with Gasteiger partial charge in [-0.15, -0.1) is 0 Å². The van der Waals surface area contributed by atoms with Crippen LogP contribution in [0, 0.1) is 0 Å². The van der Waals surface area contributed by atoms with Crippen LogP contribution in [0.2, 0.25) is 10.0 Å². The zero-order valence-electron chi connectivity index (χ0n) is 20.1. The summed E-state index contributed by atoms with van der Waals surface area (Å²) in [6.45, 7) is 1.42. The van der Waals surface area contributed by atoms with Gasteiger partial charge < -0.3 is 20.1 Å². The largest absolute Gasteiger partial charge is 0.494 e. The van der Waals surface area contributed by atoms with Crippen LogP contribution in [-0.4, -0.2) is 68.5 Å². The number of nitrogens with one attached hydrogen (secondary N) is 2. The van der Waals surface area contributed by atoms with Crippen molar-refractivity contribution in [2.75, 3.05) is 33.9 Å². The van der Waals surface area contributed by atoms with E-state index in [1.807, 2.05) is 24.3 Å². The zero-order chi connectivity index (χ0) is 26.1. The first-order chi connectivity index (χ1) is 17.3. The molecule has 0 aliphatic carbocycles. The van der Waals surface area contributed by atoms with E-state index in [0.717, 1.165) is 18.4 Å². The molecule has 0 spiro atoms. The minimum Gasteiger partial charge on any atom is -0.494 e. The van der Waals surface area contributed by atoms with Crippen LogP contribution < -0.4 is 15.4 Å². The highest BCUT2D eigenvalue weighted by Crippen LogP contribution is 2.24. The van der Waals surface area contributed by atoms with Crippen molar-refractivity contribution in [2.24, 2.45) is 4.99 Å². The monoisotopic (exact) mass is 534 g/mol. The predicted octanol–water partition coefficient (Wildman–Crippen LogP) is 3.08. The number of hydrogen-bond donors (Lipinski definition) is 2. The van der Waals surface area contributed by atoms with Crippen LogP contribution in [0.4, 0.5) is 0 Å². The minimum atomic E-state index is -0.923. The molecule has 0 fully saturated rings. The summed E-state index contributed by atoms with van der Waals surface area (Å²) in [5.41, 5.74) is 0.911. The molecular weight excluding hydrogens is 507 g/mol. The summed E-state index contributed by atoms with van der Waals surface area (Å²) in [6.07, 6.45) is 1.89. The molecule has 0 bridgehead atoms. The molecule has 0 radical (unpaired) electrons. The van der Waals surface area contributed by atoms with Gasteiger partial charge in [0.15, 0.2) is 0 Å². The first-order valence-electron chi connectivity index (χ1n) is 11.4. The van der Waals surface area contributed by atoms with Gasteiger partial charge in [-0.1, -0.05) is 41.4 Å². The number of methoxy groups -OCH3 is 1. The number of carbonyl (C=O) groups is 3. The summed E-state index contributed by atoms with van der Waals surface area (Å²) >= 11 is 12.2. The SMILES string of the molecule is COC(=O)[C@H](Cc1ccc(OCCCCNC2=NCC(=O)N2C)cc1)NC(=O)c1c(Cl)cccc1Cl. The van der Waals surface area contributed by atoms with Gasteiger partial charge in [0.1, 0.15) is 18.3 Å². The summed E-state index contributed by atoms with van der Waals surface area (Å²) in [5, 5.41) is 6.19. The van der Waals surface area contributed by atoms with Gasteiger partial charge in [0.05, 0.1) is 29.3 Å². The van der Waals surface area contributed by atoms with Crippen molar-refractivity contribution in [3.8, 4) is 5.75 Å². The average molecular weight is 535 g/mol. The number of hydrogen-bond acceptors (Lipinski definition) is 7. The molecule has 1 aliphatic heterocycles. The molecule has 2 N–H and O–H groups in total. The first-order valence-corrected chi connectivity index (χ1v) is 12.1. The van der Waals surface area contributed by atoms with Crippen molar-refractivity contribution in [1.82, 2.24) is 15.5 Å². The first kappa shape index (κ1) is 27.3. The van der Waals surface area contributed by atoms with E-state index in [0.29, 0.717) is 24.9 Å². The molecule has 2 amide bonds. The normalized spacial score (nSPS) is 13.7. The van der Waals surface area contributed by atoms with Crippen molar-refractivity contribution in [3.63, 3.8) is 0 Å². The molecule has 1 heterocycles. The number of benzene rings is 2. The maximum Gasteiger partial charge on any atom is 0.328 e. The summed E-state index contributed by atoms with van der Waals surface area (Å²) in [6, 6.07) is 11.1. The number of aliphatic imine (C=N–C) groups is 1. The number of amides is 2. The highest BCUT2D eigenvalue weighted by molar-refractivity contribution is 6.39. The second kappa shape index (κ2) is 13.1. The fraction of sp³-hybridized carbons (Fsp3) is 0.360. The molecule has 0 unspecified atom stereocenters. The Hall–Kier alpha value is -3.30. The Morgan fingerprint density at radius 1 is 1.11 bits per heavy atom. The molecule has 9 nitrogen and oxygen atoms in total. The number of carbonyl (C=O) groups excluding carboxylic acids is 3. The Morgan fingerprint density at radius 3 is 2.42 bits per heavy atom. The standard InChI is InChI=1S/C25H28Cl2N4O5/c1-31-21(32)15-29-25(31)28-12-3-4-13-36-17-10-8-16(9-11-17)14-20(24(34)35-2)30-23(33)22-18(26)6-5-7-19(22)27/h5-11,20H,3-4,12-15H2,1-2H3,(H,28,29)(H,30,33)/t20-/m0/s1. The predicted molar refractivity (Wildman–Crippen MR) is 138 cm³/mol. The van der Waals surface area contributed by atoms with Crippen molar-refractivity contribution in [3.05, 3.63) is 63.6 Å². The van der Waals surface area contributed by atoms with Gasteiger partial charge in [0.25, 0.3) is 11.8 Å². The second-order valence-electron chi connectivity index (χ2n) is 8.07. The third-order valence-corrected chi connectivity index (χ3v) is 6.15. The van der Waals surface area contributed by atoms with Crippen molar-refractivity contribution >= 4 is 46.9 Å². The number of guanidine groups is 1. The van der Waals surface area contributed by atoms with Gasteiger partial charge in [-0.05, 0) is 42.7 Å². The van der Waals surface area contributed by atoms with Gasteiger partial charge in [0, 0.05) is 20.0 Å². The fourth-order valence-electron chi connectivity index (χ4n) is 3.50. The number of nitrogens with zero attached hydrogens (tertiary/aromatic N) is 2. The van der Waals surface area contributed by atoms with Gasteiger partial charge in [0.2, 0.25) is 5.96 Å². The number of halogens is 2. The smallest absolute Gasteiger partial charge is 0.328 e. The third-order valence-electron chi connectivity index (χ3n) is 5.52. The second-order valence-corrected chi connectivity index (χ2v) is 8.88. The van der Waals surface area contributed by atoms with Crippen molar-refractivity contribution < 1.29 is 23.9 Å². The van der Waals surface area contributed by atoms with Crippen LogP contribution in [0.1, 0.15) is 28.8 Å². The molecular formula is C25H28Cl2N4O5. The Bertz CT molecular complexity index is 1100. The summed E-state index contributed by atoms with van der Waals surface area (Å²) in [7, 11) is 2.96. The molecule has 2 aromatic rings. The van der Waals surface area contributed by atoms with Crippen LogP contribution in [0.25, 0.3) is 0 Å². The van der Waals surface area contributed by atoms with E-state index in [9.17, 15) is 14.4 Å². The lowest BCUT2D eigenvalue weighted by Crippen LogP contribution is -2.43. The fourth-order valence-corrected chi connectivity index (χ4v) is 4.07. The zero-order valence-corrected chi connectivity index (χ0v) is 21.6. The minimum absolute atomic E-state index is 0.0189. The number of unbranched alkanes of at least 4 members (excludes halogenated alkanes) is 1. The lowest BCUT2D eigenvalue weighted by atomic mass is 10.0. The lowest BCUT2D eigenvalue weighted by molar-refractivity contribution is -0.142. The molecule has 0 saturated carbocycles.